The second kappa shape index (κ2) is 11.2. The Hall–Kier alpha value is -2.74. The van der Waals surface area contributed by atoms with Crippen LogP contribution >= 0.6 is 0 Å². The average molecular weight is 375 g/mol. The average Bonchev–Trinajstić information content (AvgIpc) is 2.74. The van der Waals surface area contributed by atoms with Crippen LogP contribution in [0.3, 0.4) is 0 Å². The molecule has 0 aliphatic heterocycles. The number of para-hydroxylation sites is 2. The number of hydrogen-bond donors (Lipinski definition) is 0. The van der Waals surface area contributed by atoms with Gasteiger partial charge in [0.15, 0.2) is 0 Å². The zero-order chi connectivity index (χ0) is 19.4. The second-order valence-electron chi connectivity index (χ2n) is 7.08. The summed E-state index contributed by atoms with van der Waals surface area (Å²) in [6.07, 6.45) is 5.41. The van der Waals surface area contributed by atoms with Crippen LogP contribution in [0, 0.1) is 0 Å². The Labute approximate surface area is 169 Å². The van der Waals surface area contributed by atoms with E-state index in [4.69, 9.17) is 9.47 Å². The third kappa shape index (κ3) is 6.77. The molecule has 0 fully saturated rings. The lowest BCUT2D eigenvalue weighted by Crippen LogP contribution is -2.05. The number of unbranched alkanes of at least 4 members (excludes halogenated alkanes) is 1. The highest BCUT2D eigenvalue weighted by molar-refractivity contribution is 5.31. The molecular formula is C26H30O2. The molecule has 0 aliphatic rings. The molecule has 3 aromatic carbocycles. The van der Waals surface area contributed by atoms with Crippen molar-refractivity contribution in [1.29, 1.82) is 0 Å². The van der Waals surface area contributed by atoms with Crippen LogP contribution in [-0.4, -0.2) is 13.2 Å². The van der Waals surface area contributed by atoms with Crippen LogP contribution in [0.5, 0.6) is 11.5 Å². The van der Waals surface area contributed by atoms with Crippen LogP contribution in [-0.2, 0) is 19.3 Å². The summed E-state index contributed by atoms with van der Waals surface area (Å²) in [5.74, 6) is 1.86. The van der Waals surface area contributed by atoms with E-state index < -0.39 is 0 Å². The molecule has 0 heterocycles. The highest BCUT2D eigenvalue weighted by Gasteiger charge is 2.04. The minimum Gasteiger partial charge on any atom is -0.493 e. The highest BCUT2D eigenvalue weighted by Crippen LogP contribution is 2.16. The lowest BCUT2D eigenvalue weighted by Gasteiger charge is -2.12. The minimum atomic E-state index is 0.696. The van der Waals surface area contributed by atoms with Gasteiger partial charge in [-0.3, -0.25) is 0 Å². The predicted molar refractivity (Wildman–Crippen MR) is 116 cm³/mol. The van der Waals surface area contributed by atoms with Gasteiger partial charge in [0, 0.05) is 12.8 Å². The summed E-state index contributed by atoms with van der Waals surface area (Å²) in [4.78, 5) is 0. The van der Waals surface area contributed by atoms with Gasteiger partial charge in [-0.25, -0.2) is 0 Å². The predicted octanol–water partition coefficient (Wildman–Crippen LogP) is 6.27. The fourth-order valence-electron chi connectivity index (χ4n) is 3.26. The summed E-state index contributed by atoms with van der Waals surface area (Å²) < 4.78 is 11.8. The number of benzene rings is 3. The molecular weight excluding hydrogens is 344 g/mol. The summed E-state index contributed by atoms with van der Waals surface area (Å²) >= 11 is 0. The number of hydrogen-bond acceptors (Lipinski definition) is 2. The van der Waals surface area contributed by atoms with E-state index in [1.54, 1.807) is 0 Å². The largest absolute Gasteiger partial charge is 0.493 e. The van der Waals surface area contributed by atoms with E-state index in [0.717, 1.165) is 30.8 Å². The smallest absolute Gasteiger partial charge is 0.119 e. The first kappa shape index (κ1) is 20.0. The van der Waals surface area contributed by atoms with Crippen LogP contribution < -0.4 is 9.47 Å². The zero-order valence-electron chi connectivity index (χ0n) is 16.8. The van der Waals surface area contributed by atoms with E-state index >= 15 is 0 Å². The molecule has 0 atom stereocenters. The van der Waals surface area contributed by atoms with Crippen molar-refractivity contribution >= 4 is 0 Å². The Morgan fingerprint density at radius 1 is 0.571 bits per heavy atom. The Morgan fingerprint density at radius 3 is 1.43 bits per heavy atom. The quantitative estimate of drug-likeness (QED) is 0.394. The van der Waals surface area contributed by atoms with Crippen molar-refractivity contribution in [2.45, 2.75) is 39.0 Å². The first-order chi connectivity index (χ1) is 13.8. The molecule has 3 rings (SSSR count). The van der Waals surface area contributed by atoms with Crippen LogP contribution in [0.15, 0.2) is 78.9 Å². The van der Waals surface area contributed by atoms with Crippen LogP contribution in [0.25, 0.3) is 0 Å². The first-order valence-electron chi connectivity index (χ1n) is 10.3. The third-order valence-corrected chi connectivity index (χ3v) is 4.74. The van der Waals surface area contributed by atoms with Crippen molar-refractivity contribution in [2.75, 3.05) is 13.2 Å². The van der Waals surface area contributed by atoms with Gasteiger partial charge in [0.05, 0.1) is 13.2 Å². The fourth-order valence-corrected chi connectivity index (χ4v) is 3.26. The van der Waals surface area contributed by atoms with Gasteiger partial charge in [0.25, 0.3) is 0 Å². The van der Waals surface area contributed by atoms with Gasteiger partial charge >= 0.3 is 0 Å². The Morgan fingerprint density at radius 2 is 1.00 bits per heavy atom. The second-order valence-corrected chi connectivity index (χ2v) is 7.08. The van der Waals surface area contributed by atoms with E-state index in [2.05, 4.69) is 25.1 Å². The highest BCUT2D eigenvalue weighted by atomic mass is 16.5. The Balaban J connectivity index is 1.59. The van der Waals surface area contributed by atoms with Crippen molar-refractivity contribution in [3.8, 4) is 11.5 Å². The molecule has 0 aromatic heterocycles. The Kier molecular flexibility index (Phi) is 7.99. The molecule has 2 heteroatoms. The molecule has 0 amide bonds. The summed E-state index contributed by atoms with van der Waals surface area (Å²) in [5.41, 5.74) is 4.12. The molecule has 0 radical (unpaired) electrons. The lowest BCUT2D eigenvalue weighted by atomic mass is 9.99. The SMILES string of the molecule is CCCCc1cc(CCOc2ccccc2)cc(CCOc2ccccc2)c1. The molecule has 0 saturated heterocycles. The molecule has 28 heavy (non-hydrogen) atoms. The lowest BCUT2D eigenvalue weighted by molar-refractivity contribution is 0.320. The molecule has 0 unspecified atom stereocenters. The maximum absolute atomic E-state index is 5.89. The summed E-state index contributed by atoms with van der Waals surface area (Å²) in [6.45, 7) is 3.63. The van der Waals surface area contributed by atoms with E-state index in [9.17, 15) is 0 Å². The van der Waals surface area contributed by atoms with Crippen LogP contribution in [0.1, 0.15) is 36.5 Å². The van der Waals surface area contributed by atoms with Gasteiger partial charge in [0.2, 0.25) is 0 Å². The van der Waals surface area contributed by atoms with E-state index in [0.29, 0.717) is 13.2 Å². The molecule has 3 aromatic rings. The normalized spacial score (nSPS) is 10.6. The number of rotatable bonds is 11. The van der Waals surface area contributed by atoms with E-state index in [1.807, 2.05) is 60.7 Å². The molecule has 146 valence electrons. The maximum atomic E-state index is 5.89. The van der Waals surface area contributed by atoms with Gasteiger partial charge in [-0.05, 0) is 53.8 Å². The summed E-state index contributed by atoms with van der Waals surface area (Å²) in [5, 5.41) is 0. The van der Waals surface area contributed by atoms with Gasteiger partial charge in [-0.2, -0.15) is 0 Å². The van der Waals surface area contributed by atoms with Crippen molar-refractivity contribution in [3.63, 3.8) is 0 Å². The van der Waals surface area contributed by atoms with Crippen molar-refractivity contribution in [2.24, 2.45) is 0 Å². The Bertz CT molecular complexity index is 749. The molecule has 0 saturated carbocycles. The minimum absolute atomic E-state index is 0.696. The van der Waals surface area contributed by atoms with Gasteiger partial charge < -0.3 is 9.47 Å². The summed E-state index contributed by atoms with van der Waals surface area (Å²) in [7, 11) is 0. The van der Waals surface area contributed by atoms with Crippen LogP contribution in [0.2, 0.25) is 0 Å². The third-order valence-electron chi connectivity index (χ3n) is 4.74. The van der Waals surface area contributed by atoms with Gasteiger partial charge in [-0.15, -0.1) is 0 Å². The molecule has 0 N–H and O–H groups in total. The molecule has 2 nitrogen and oxygen atoms in total. The van der Waals surface area contributed by atoms with Gasteiger partial charge in [-0.1, -0.05) is 67.9 Å². The number of aryl methyl sites for hydroxylation is 1. The van der Waals surface area contributed by atoms with E-state index in [-0.39, 0.29) is 0 Å². The fraction of sp³-hybridized carbons (Fsp3) is 0.308. The molecule has 0 aliphatic carbocycles. The standard InChI is InChI=1S/C26H30O2/c1-2-3-10-22-19-23(15-17-27-25-11-6-4-7-12-25)21-24(20-22)16-18-28-26-13-8-5-9-14-26/h4-9,11-14,19-21H,2-3,10,15-18H2,1H3. The summed E-state index contributed by atoms with van der Waals surface area (Å²) in [6, 6.07) is 27.0. The monoisotopic (exact) mass is 374 g/mol. The maximum Gasteiger partial charge on any atom is 0.119 e. The molecule has 0 spiro atoms. The van der Waals surface area contributed by atoms with Crippen molar-refractivity contribution in [1.82, 2.24) is 0 Å². The van der Waals surface area contributed by atoms with E-state index in [1.165, 1.54) is 29.5 Å². The topological polar surface area (TPSA) is 18.5 Å². The zero-order valence-corrected chi connectivity index (χ0v) is 16.8. The number of ether oxygens (including phenoxy) is 2. The van der Waals surface area contributed by atoms with Crippen LogP contribution in [0.4, 0.5) is 0 Å². The first-order valence-corrected chi connectivity index (χ1v) is 10.3. The van der Waals surface area contributed by atoms with Gasteiger partial charge in [0.1, 0.15) is 11.5 Å². The molecule has 0 bridgehead atoms. The van der Waals surface area contributed by atoms with Crippen molar-refractivity contribution < 1.29 is 9.47 Å². The van der Waals surface area contributed by atoms with Crippen molar-refractivity contribution in [3.05, 3.63) is 95.6 Å².